The highest BCUT2D eigenvalue weighted by atomic mass is 16.5. The summed E-state index contributed by atoms with van der Waals surface area (Å²) in [5.41, 5.74) is 2.97. The maximum atomic E-state index is 13.2. The number of carbonyl (C=O) groups is 2. The van der Waals surface area contributed by atoms with Crippen molar-refractivity contribution in [2.75, 3.05) is 20.6 Å². The van der Waals surface area contributed by atoms with Crippen LogP contribution in [0.25, 0.3) is 0 Å². The third-order valence-corrected chi connectivity index (χ3v) is 8.72. The molecule has 0 aromatic heterocycles. The third kappa shape index (κ3) is 3.29. The van der Waals surface area contributed by atoms with E-state index in [1.807, 2.05) is 49.5 Å². The molecule has 2 aliphatic carbocycles. The average Bonchev–Trinajstić information content (AvgIpc) is 3.19. The Morgan fingerprint density at radius 1 is 1.17 bits per heavy atom. The molecule has 1 spiro atoms. The first kappa shape index (κ1) is 22.2. The summed E-state index contributed by atoms with van der Waals surface area (Å²) in [4.78, 5) is 29.3. The molecule has 180 valence electrons. The van der Waals surface area contributed by atoms with Gasteiger partial charge in [-0.05, 0) is 69.5 Å². The van der Waals surface area contributed by atoms with Crippen LogP contribution in [0, 0.1) is 17.8 Å². The van der Waals surface area contributed by atoms with Gasteiger partial charge < -0.3 is 19.3 Å². The molecule has 5 atom stereocenters. The molecule has 2 aromatic rings. The van der Waals surface area contributed by atoms with Gasteiger partial charge in [-0.15, -0.1) is 0 Å². The number of hydrogen-bond acceptors (Lipinski definition) is 5. The van der Waals surface area contributed by atoms with Gasteiger partial charge in [0.25, 0.3) is 5.91 Å². The Bertz CT molecular complexity index is 1260. The molecule has 1 saturated heterocycles. The lowest BCUT2D eigenvalue weighted by Crippen LogP contribution is -2.68. The SMILES string of the molecule is CC(=O)Oc1ccc2c3c1C[C@@H]1[C@@H]4CC[C@@H](N(C)C(=O)C#Cc5ccccc5)[C@H](O2)[C@]34CCN1C. The van der Waals surface area contributed by atoms with E-state index in [2.05, 4.69) is 23.8 Å². The second-order valence-electron chi connectivity index (χ2n) is 10.4. The van der Waals surface area contributed by atoms with E-state index in [0.29, 0.717) is 17.7 Å². The summed E-state index contributed by atoms with van der Waals surface area (Å²) < 4.78 is 12.4. The lowest BCUT2D eigenvalue weighted by molar-refractivity contribution is -0.134. The number of likely N-dealkylation sites (N-methyl/N-ethyl adjacent to an activating group) is 2. The van der Waals surface area contributed by atoms with Crippen molar-refractivity contribution in [3.63, 3.8) is 0 Å². The van der Waals surface area contributed by atoms with Crippen LogP contribution in [0.1, 0.15) is 42.9 Å². The number of ether oxygens (including phenoxy) is 2. The largest absolute Gasteiger partial charge is 0.487 e. The monoisotopic (exact) mass is 470 g/mol. The minimum atomic E-state index is -0.307. The van der Waals surface area contributed by atoms with E-state index in [1.165, 1.54) is 12.5 Å². The zero-order valence-corrected chi connectivity index (χ0v) is 20.4. The zero-order valence-electron chi connectivity index (χ0n) is 20.4. The topological polar surface area (TPSA) is 59.1 Å². The van der Waals surface area contributed by atoms with E-state index in [9.17, 15) is 9.59 Å². The van der Waals surface area contributed by atoms with Crippen LogP contribution in [0.3, 0.4) is 0 Å². The van der Waals surface area contributed by atoms with Crippen molar-refractivity contribution >= 4 is 11.9 Å². The number of rotatable bonds is 2. The Morgan fingerprint density at radius 3 is 2.74 bits per heavy atom. The molecule has 1 saturated carbocycles. The van der Waals surface area contributed by atoms with Crippen LogP contribution in [0.4, 0.5) is 0 Å². The quantitative estimate of drug-likeness (QED) is 0.383. The molecule has 2 bridgehead atoms. The van der Waals surface area contributed by atoms with Gasteiger partial charge in [-0.25, -0.2) is 0 Å². The number of nitrogens with zero attached hydrogens (tertiary/aromatic N) is 2. The van der Waals surface area contributed by atoms with E-state index < -0.39 is 0 Å². The number of benzene rings is 2. The fourth-order valence-electron chi connectivity index (χ4n) is 7.24. The molecule has 6 heteroatoms. The fourth-order valence-corrected chi connectivity index (χ4v) is 7.24. The van der Waals surface area contributed by atoms with E-state index in [1.54, 1.807) is 4.90 Å². The standard InChI is InChI=1S/C29H30N2O4/c1-18(32)34-24-12-13-25-27-20(24)17-23-21-10-11-22(28(35-25)29(21,27)15-16-30(23)2)31(3)26(33)14-9-19-7-5-4-6-8-19/h4-8,12-13,21-23,28H,10-11,15-17H2,1-3H3/t21-,22+,23+,28-,29-/m0/s1. The Labute approximate surface area is 206 Å². The van der Waals surface area contributed by atoms with Gasteiger partial charge in [0.05, 0.1) is 6.04 Å². The zero-order chi connectivity index (χ0) is 24.3. The van der Waals surface area contributed by atoms with Gasteiger partial charge in [0.1, 0.15) is 17.6 Å². The molecule has 2 fully saturated rings. The summed E-state index contributed by atoms with van der Waals surface area (Å²) in [6.45, 7) is 2.43. The summed E-state index contributed by atoms with van der Waals surface area (Å²) in [5.74, 6) is 7.34. The molecule has 6 nitrogen and oxygen atoms in total. The highest BCUT2D eigenvalue weighted by molar-refractivity contribution is 5.94. The molecule has 0 unspecified atom stereocenters. The predicted molar refractivity (Wildman–Crippen MR) is 131 cm³/mol. The summed E-state index contributed by atoms with van der Waals surface area (Å²) in [6, 6.07) is 13.7. The molecule has 2 aliphatic heterocycles. The Morgan fingerprint density at radius 2 is 1.97 bits per heavy atom. The smallest absolute Gasteiger partial charge is 0.308 e. The number of likely N-dealkylation sites (tertiary alicyclic amines) is 1. The van der Waals surface area contributed by atoms with E-state index >= 15 is 0 Å². The molecule has 0 radical (unpaired) electrons. The summed E-state index contributed by atoms with van der Waals surface area (Å²) in [6.07, 6.45) is 3.60. The molecular formula is C29H30N2O4. The number of carbonyl (C=O) groups excluding carboxylic acids is 2. The van der Waals surface area contributed by atoms with Crippen molar-refractivity contribution in [1.29, 1.82) is 0 Å². The molecule has 4 aliphatic rings. The van der Waals surface area contributed by atoms with Crippen molar-refractivity contribution in [3.8, 4) is 23.3 Å². The number of hydrogen-bond donors (Lipinski definition) is 0. The van der Waals surface area contributed by atoms with Crippen LogP contribution in [0.2, 0.25) is 0 Å². The molecule has 0 N–H and O–H groups in total. The van der Waals surface area contributed by atoms with Gasteiger partial charge in [-0.2, -0.15) is 0 Å². The van der Waals surface area contributed by atoms with E-state index in [0.717, 1.165) is 49.1 Å². The Hall–Kier alpha value is -3.30. The predicted octanol–water partition coefficient (Wildman–Crippen LogP) is 3.16. The number of amides is 1. The van der Waals surface area contributed by atoms with Crippen LogP contribution in [-0.2, 0) is 21.4 Å². The highest BCUT2D eigenvalue weighted by Crippen LogP contribution is 2.63. The number of piperidine rings is 1. The minimum Gasteiger partial charge on any atom is -0.487 e. The first-order valence-corrected chi connectivity index (χ1v) is 12.5. The van der Waals surface area contributed by atoms with Crippen LogP contribution < -0.4 is 9.47 Å². The van der Waals surface area contributed by atoms with Gasteiger partial charge in [0.15, 0.2) is 0 Å². The maximum Gasteiger partial charge on any atom is 0.308 e. The van der Waals surface area contributed by atoms with Crippen LogP contribution in [-0.4, -0.2) is 60.5 Å². The van der Waals surface area contributed by atoms with Gasteiger partial charge in [-0.1, -0.05) is 24.1 Å². The van der Waals surface area contributed by atoms with Crippen LogP contribution in [0.5, 0.6) is 11.5 Å². The highest BCUT2D eigenvalue weighted by Gasteiger charge is 2.66. The van der Waals surface area contributed by atoms with Gasteiger partial charge in [-0.3, -0.25) is 9.59 Å². The van der Waals surface area contributed by atoms with Gasteiger partial charge >= 0.3 is 5.97 Å². The van der Waals surface area contributed by atoms with Gasteiger partial charge in [0.2, 0.25) is 0 Å². The fraction of sp³-hybridized carbons (Fsp3) is 0.448. The first-order valence-electron chi connectivity index (χ1n) is 12.5. The summed E-state index contributed by atoms with van der Waals surface area (Å²) in [5, 5.41) is 0. The lowest BCUT2D eigenvalue weighted by atomic mass is 9.51. The van der Waals surface area contributed by atoms with Gasteiger partial charge in [0, 0.05) is 48.0 Å². The Balaban J connectivity index is 1.39. The van der Waals surface area contributed by atoms with E-state index in [-0.39, 0.29) is 29.4 Å². The average molecular weight is 471 g/mol. The van der Waals surface area contributed by atoms with E-state index in [4.69, 9.17) is 9.47 Å². The van der Waals surface area contributed by atoms with Crippen molar-refractivity contribution in [2.45, 2.75) is 56.2 Å². The van der Waals surface area contributed by atoms with Crippen molar-refractivity contribution in [3.05, 3.63) is 59.2 Å². The number of esters is 1. The molecular weight excluding hydrogens is 440 g/mol. The molecule has 6 rings (SSSR count). The third-order valence-electron chi connectivity index (χ3n) is 8.72. The molecule has 2 aromatic carbocycles. The van der Waals surface area contributed by atoms with Crippen LogP contribution >= 0.6 is 0 Å². The second kappa shape index (κ2) is 8.13. The minimum absolute atomic E-state index is 0.0663. The normalized spacial score (nSPS) is 29.8. The van der Waals surface area contributed by atoms with Crippen molar-refractivity contribution in [2.24, 2.45) is 5.92 Å². The summed E-state index contributed by atoms with van der Waals surface area (Å²) >= 11 is 0. The molecule has 1 amide bonds. The van der Waals surface area contributed by atoms with Crippen LogP contribution in [0.15, 0.2) is 42.5 Å². The summed E-state index contributed by atoms with van der Waals surface area (Å²) in [7, 11) is 4.06. The maximum absolute atomic E-state index is 13.2. The van der Waals surface area contributed by atoms with Crippen molar-refractivity contribution < 1.29 is 19.1 Å². The molecule has 2 heterocycles. The second-order valence-corrected chi connectivity index (χ2v) is 10.4. The first-order chi connectivity index (χ1) is 16.9. The van der Waals surface area contributed by atoms with Crippen molar-refractivity contribution in [1.82, 2.24) is 9.80 Å². The lowest BCUT2D eigenvalue weighted by Gasteiger charge is -2.59. The Kier molecular flexibility index (Phi) is 5.16. The molecule has 35 heavy (non-hydrogen) atoms.